The number of nitrogen functional groups attached to an aromatic ring is 1. The number of carbonyl (C=O) groups excluding carboxylic acids is 1. The summed E-state index contributed by atoms with van der Waals surface area (Å²) in [6.45, 7) is 10.0. The molecule has 6 nitrogen and oxygen atoms in total. The number of hydrogen-bond acceptors (Lipinski definition) is 6. The van der Waals surface area contributed by atoms with Crippen LogP contribution >= 0.6 is 11.3 Å². The number of nitrogens with zero attached hydrogens (tertiary/aromatic N) is 3. The zero-order valence-corrected chi connectivity index (χ0v) is 14.0. The van der Waals surface area contributed by atoms with Crippen molar-refractivity contribution in [3.05, 3.63) is 4.88 Å². The van der Waals surface area contributed by atoms with Gasteiger partial charge >= 0.3 is 0 Å². The van der Waals surface area contributed by atoms with E-state index in [0.29, 0.717) is 16.6 Å². The Hall–Kier alpha value is -1.34. The van der Waals surface area contributed by atoms with E-state index in [9.17, 15) is 4.79 Å². The van der Waals surface area contributed by atoms with Gasteiger partial charge in [0.15, 0.2) is 5.13 Å². The van der Waals surface area contributed by atoms with Gasteiger partial charge in [-0.2, -0.15) is 0 Å². The molecule has 1 aliphatic rings. The van der Waals surface area contributed by atoms with Gasteiger partial charge in [-0.15, -0.1) is 0 Å². The minimum Gasteiger partial charge on any atom is -0.382 e. The number of piperazine rings is 1. The summed E-state index contributed by atoms with van der Waals surface area (Å²) in [6, 6.07) is 0.117. The SMILES string of the molecule is CC(C)C(C)NC(=O)c1sc(N2CCN(C)CC2)nc1N. The smallest absolute Gasteiger partial charge is 0.265 e. The van der Waals surface area contributed by atoms with Crippen LogP contribution in [0.25, 0.3) is 0 Å². The zero-order valence-electron chi connectivity index (χ0n) is 13.2. The van der Waals surface area contributed by atoms with Crippen molar-refractivity contribution in [1.82, 2.24) is 15.2 Å². The Balaban J connectivity index is 2.06. The molecule has 7 heteroatoms. The third kappa shape index (κ3) is 3.85. The van der Waals surface area contributed by atoms with Gasteiger partial charge in [-0.3, -0.25) is 4.79 Å². The van der Waals surface area contributed by atoms with Crippen LogP contribution in [0.2, 0.25) is 0 Å². The molecule has 2 rings (SSSR count). The van der Waals surface area contributed by atoms with E-state index in [-0.39, 0.29) is 11.9 Å². The van der Waals surface area contributed by atoms with Crippen LogP contribution in [0.1, 0.15) is 30.4 Å². The molecule has 0 aliphatic carbocycles. The quantitative estimate of drug-likeness (QED) is 0.875. The number of nitrogens with two attached hydrogens (primary N) is 1. The van der Waals surface area contributed by atoms with Gasteiger partial charge in [0, 0.05) is 32.2 Å². The van der Waals surface area contributed by atoms with Crippen molar-refractivity contribution in [3.8, 4) is 0 Å². The second-order valence-electron chi connectivity index (χ2n) is 6.01. The summed E-state index contributed by atoms with van der Waals surface area (Å²) in [5, 5.41) is 3.83. The largest absolute Gasteiger partial charge is 0.382 e. The van der Waals surface area contributed by atoms with Crippen molar-refractivity contribution in [2.75, 3.05) is 43.9 Å². The number of nitrogens with one attached hydrogen (secondary N) is 1. The maximum Gasteiger partial charge on any atom is 0.265 e. The van der Waals surface area contributed by atoms with Gasteiger partial charge in [0.05, 0.1) is 0 Å². The number of carbonyl (C=O) groups is 1. The van der Waals surface area contributed by atoms with Gasteiger partial charge in [-0.25, -0.2) is 4.98 Å². The summed E-state index contributed by atoms with van der Waals surface area (Å²) in [5.74, 6) is 0.606. The highest BCUT2D eigenvalue weighted by atomic mass is 32.1. The summed E-state index contributed by atoms with van der Waals surface area (Å²) in [4.78, 5) is 21.7. The molecule has 118 valence electrons. The molecular formula is C14H25N5OS. The first-order valence-corrected chi connectivity index (χ1v) is 8.20. The van der Waals surface area contributed by atoms with Crippen LogP contribution in [-0.4, -0.2) is 55.1 Å². The summed E-state index contributed by atoms with van der Waals surface area (Å²) >= 11 is 1.39. The maximum absolute atomic E-state index is 12.3. The molecule has 0 saturated carbocycles. The summed E-state index contributed by atoms with van der Waals surface area (Å²) in [5.41, 5.74) is 5.93. The number of hydrogen-bond donors (Lipinski definition) is 2. The maximum atomic E-state index is 12.3. The first-order valence-electron chi connectivity index (χ1n) is 7.39. The van der Waals surface area contributed by atoms with Gasteiger partial charge < -0.3 is 20.9 Å². The Morgan fingerprint density at radius 3 is 2.48 bits per heavy atom. The van der Waals surface area contributed by atoms with Gasteiger partial charge in [-0.1, -0.05) is 25.2 Å². The number of rotatable bonds is 4. The molecule has 21 heavy (non-hydrogen) atoms. The van der Waals surface area contributed by atoms with Crippen molar-refractivity contribution >= 4 is 28.2 Å². The van der Waals surface area contributed by atoms with E-state index in [1.807, 2.05) is 6.92 Å². The predicted molar refractivity (Wildman–Crippen MR) is 88.0 cm³/mol. The van der Waals surface area contributed by atoms with Crippen molar-refractivity contribution in [1.29, 1.82) is 0 Å². The Morgan fingerprint density at radius 2 is 1.90 bits per heavy atom. The third-order valence-corrected chi connectivity index (χ3v) is 5.11. The van der Waals surface area contributed by atoms with E-state index >= 15 is 0 Å². The molecule has 1 atom stereocenters. The molecule has 1 aromatic heterocycles. The lowest BCUT2D eigenvalue weighted by molar-refractivity contribution is 0.0935. The molecule has 0 spiro atoms. The molecule has 1 fully saturated rings. The lowest BCUT2D eigenvalue weighted by atomic mass is 10.1. The number of thiazole rings is 1. The minimum atomic E-state index is -0.119. The van der Waals surface area contributed by atoms with Crippen LogP contribution < -0.4 is 16.0 Å². The van der Waals surface area contributed by atoms with Crippen LogP contribution in [0.4, 0.5) is 10.9 Å². The molecule has 0 radical (unpaired) electrons. The first-order chi connectivity index (χ1) is 9.88. The number of likely N-dealkylation sites (N-methyl/N-ethyl adjacent to an activating group) is 1. The number of anilines is 2. The highest BCUT2D eigenvalue weighted by molar-refractivity contribution is 7.18. The monoisotopic (exact) mass is 311 g/mol. The molecular weight excluding hydrogens is 286 g/mol. The van der Waals surface area contributed by atoms with Gasteiger partial charge in [-0.05, 0) is 19.9 Å². The Labute approximate surface area is 130 Å². The molecule has 1 unspecified atom stereocenters. The molecule has 0 bridgehead atoms. The van der Waals surface area contributed by atoms with E-state index in [4.69, 9.17) is 5.73 Å². The molecule has 0 aromatic carbocycles. The standard InChI is InChI=1S/C14H25N5OS/c1-9(2)10(3)16-13(20)11-12(15)17-14(21-11)19-7-5-18(4)6-8-19/h9-10H,5-8,15H2,1-4H3,(H,16,20). The average molecular weight is 311 g/mol. The van der Waals surface area contributed by atoms with Crippen molar-refractivity contribution < 1.29 is 4.79 Å². The lowest BCUT2D eigenvalue weighted by Crippen LogP contribution is -2.44. The molecule has 1 aliphatic heterocycles. The average Bonchev–Trinajstić information content (AvgIpc) is 2.81. The van der Waals surface area contributed by atoms with Crippen LogP contribution in [0.15, 0.2) is 0 Å². The molecule has 1 aromatic rings. The van der Waals surface area contributed by atoms with Crippen molar-refractivity contribution in [2.24, 2.45) is 5.92 Å². The van der Waals surface area contributed by atoms with E-state index in [2.05, 4.69) is 41.0 Å². The van der Waals surface area contributed by atoms with E-state index in [1.165, 1.54) is 11.3 Å². The molecule has 3 N–H and O–H groups in total. The summed E-state index contributed by atoms with van der Waals surface area (Å²) in [7, 11) is 2.11. The highest BCUT2D eigenvalue weighted by Crippen LogP contribution is 2.28. The molecule has 1 saturated heterocycles. The Morgan fingerprint density at radius 1 is 1.29 bits per heavy atom. The van der Waals surface area contributed by atoms with Crippen molar-refractivity contribution in [3.63, 3.8) is 0 Å². The number of aromatic nitrogens is 1. The zero-order chi connectivity index (χ0) is 15.6. The van der Waals surface area contributed by atoms with Crippen LogP contribution in [0, 0.1) is 5.92 Å². The van der Waals surface area contributed by atoms with Crippen LogP contribution in [0.3, 0.4) is 0 Å². The van der Waals surface area contributed by atoms with Crippen LogP contribution in [-0.2, 0) is 0 Å². The molecule has 1 amide bonds. The van der Waals surface area contributed by atoms with Gasteiger partial charge in [0.2, 0.25) is 0 Å². The van der Waals surface area contributed by atoms with E-state index < -0.39 is 0 Å². The third-order valence-electron chi connectivity index (χ3n) is 3.98. The van der Waals surface area contributed by atoms with E-state index in [0.717, 1.165) is 31.3 Å². The Bertz CT molecular complexity index is 494. The number of amides is 1. The van der Waals surface area contributed by atoms with E-state index in [1.54, 1.807) is 0 Å². The lowest BCUT2D eigenvalue weighted by Gasteiger charge is -2.31. The normalized spacial score (nSPS) is 18.0. The molecule has 2 heterocycles. The van der Waals surface area contributed by atoms with Crippen LogP contribution in [0.5, 0.6) is 0 Å². The first kappa shape index (κ1) is 16.0. The fourth-order valence-electron chi connectivity index (χ4n) is 2.05. The fraction of sp³-hybridized carbons (Fsp3) is 0.714. The predicted octanol–water partition coefficient (Wildman–Crippen LogP) is 1.25. The van der Waals surface area contributed by atoms with Crippen molar-refractivity contribution in [2.45, 2.75) is 26.8 Å². The fourth-order valence-corrected chi connectivity index (χ4v) is 2.99. The van der Waals surface area contributed by atoms with Gasteiger partial charge in [0.1, 0.15) is 10.7 Å². The summed E-state index contributed by atoms with van der Waals surface area (Å²) in [6.07, 6.45) is 0. The second-order valence-corrected chi connectivity index (χ2v) is 6.98. The Kier molecular flexibility index (Phi) is 5.05. The minimum absolute atomic E-state index is 0.117. The second kappa shape index (κ2) is 6.62. The topological polar surface area (TPSA) is 74.5 Å². The van der Waals surface area contributed by atoms with Gasteiger partial charge in [0.25, 0.3) is 5.91 Å². The summed E-state index contributed by atoms with van der Waals surface area (Å²) < 4.78 is 0. The highest BCUT2D eigenvalue weighted by Gasteiger charge is 2.23.